The van der Waals surface area contributed by atoms with Gasteiger partial charge in [0, 0.05) is 11.8 Å². The molecule has 0 nitrogen and oxygen atoms in total. The molecule has 0 radical (unpaired) electrons. The van der Waals surface area contributed by atoms with Gasteiger partial charge in [-0.05, 0) is 69.9 Å². The average Bonchev–Trinajstić information content (AvgIpc) is 3.07. The maximum absolute atomic E-state index is 2.41. The molecule has 44 heavy (non-hydrogen) atoms. The van der Waals surface area contributed by atoms with E-state index in [0.29, 0.717) is 0 Å². The van der Waals surface area contributed by atoms with Gasteiger partial charge in [-0.3, -0.25) is 0 Å². The van der Waals surface area contributed by atoms with Crippen molar-refractivity contribution in [2.24, 2.45) is 11.8 Å². The van der Waals surface area contributed by atoms with Crippen molar-refractivity contribution < 1.29 is 0 Å². The Balaban J connectivity index is 1.38. The van der Waals surface area contributed by atoms with Gasteiger partial charge in [0.15, 0.2) is 0 Å². The van der Waals surface area contributed by atoms with Crippen LogP contribution in [0.5, 0.6) is 0 Å². The predicted octanol–water partition coefficient (Wildman–Crippen LogP) is 11.8. The lowest BCUT2D eigenvalue weighted by Crippen LogP contribution is -2.19. The van der Waals surface area contributed by atoms with Gasteiger partial charge >= 0.3 is 0 Å². The van der Waals surface area contributed by atoms with Gasteiger partial charge in [0.1, 0.15) is 0 Å². The first-order valence-corrected chi connectivity index (χ1v) is 15.9. The van der Waals surface area contributed by atoms with Crippen molar-refractivity contribution in [3.8, 4) is 0 Å². The fourth-order valence-corrected chi connectivity index (χ4v) is 6.48. The summed E-state index contributed by atoms with van der Waals surface area (Å²) >= 11 is 0. The lowest BCUT2D eigenvalue weighted by molar-refractivity contribution is 0.645. The van der Waals surface area contributed by atoms with E-state index in [9.17, 15) is 0 Å². The predicted molar refractivity (Wildman–Crippen MR) is 192 cm³/mol. The zero-order valence-corrected chi connectivity index (χ0v) is 25.3. The Morgan fingerprint density at radius 2 is 0.955 bits per heavy atom. The van der Waals surface area contributed by atoms with E-state index in [2.05, 4.69) is 182 Å². The molecule has 0 heteroatoms. The molecule has 6 rings (SSSR count). The topological polar surface area (TPSA) is 0 Å². The quantitative estimate of drug-likeness (QED) is 0.345. The van der Waals surface area contributed by atoms with E-state index in [1.54, 1.807) is 0 Å². The van der Waals surface area contributed by atoms with Gasteiger partial charge in [0.05, 0.1) is 0 Å². The summed E-state index contributed by atoms with van der Waals surface area (Å²) < 4.78 is 0. The van der Waals surface area contributed by atoms with Crippen LogP contribution in [-0.4, -0.2) is 0 Å². The minimum absolute atomic E-state index is 0.217. The summed E-state index contributed by atoms with van der Waals surface area (Å²) in [7, 11) is 0. The molecule has 0 fully saturated rings. The summed E-state index contributed by atoms with van der Waals surface area (Å²) in [6.45, 7) is 0. The van der Waals surface area contributed by atoms with Gasteiger partial charge in [-0.2, -0.15) is 0 Å². The lowest BCUT2D eigenvalue weighted by Gasteiger charge is -2.31. The van der Waals surface area contributed by atoms with Crippen LogP contribution in [-0.2, 0) is 0 Å². The Hall–Kier alpha value is -4.94. The van der Waals surface area contributed by atoms with Crippen molar-refractivity contribution in [3.63, 3.8) is 0 Å². The molecule has 2 atom stereocenters. The molecule has 216 valence electrons. The molecular formula is C44H40. The molecule has 0 spiro atoms. The van der Waals surface area contributed by atoms with Crippen molar-refractivity contribution in [2.45, 2.75) is 25.7 Å². The highest BCUT2D eigenvalue weighted by atomic mass is 14.3. The summed E-state index contributed by atoms with van der Waals surface area (Å²) in [5.74, 6) is 0.439. The molecule has 0 bridgehead atoms. The summed E-state index contributed by atoms with van der Waals surface area (Å²) in [5.41, 5.74) is 8.26. The summed E-state index contributed by atoms with van der Waals surface area (Å²) in [5, 5.41) is 2.58. The highest BCUT2D eigenvalue weighted by Gasteiger charge is 2.28. The number of hydrogen-bond acceptors (Lipinski definition) is 0. The fraction of sp³-hybridized carbons (Fsp3) is 0.136. The maximum atomic E-state index is 2.41. The SMILES string of the molecule is C1=CC=CCCC(C2=CC=CC=CC=C(C3=CC=CC=CC=C(c4cccc5ccccc45)C4C=CC=CC34)CC2)=CC=C1. The lowest BCUT2D eigenvalue weighted by atomic mass is 9.72. The third-order valence-electron chi connectivity index (χ3n) is 8.67. The number of allylic oxidation sites excluding steroid dienone is 28. The first-order chi connectivity index (χ1) is 21.9. The molecule has 0 aliphatic heterocycles. The molecule has 2 unspecified atom stereocenters. The Morgan fingerprint density at radius 1 is 0.409 bits per heavy atom. The van der Waals surface area contributed by atoms with Crippen molar-refractivity contribution in [1.82, 2.24) is 0 Å². The van der Waals surface area contributed by atoms with Crippen molar-refractivity contribution in [1.29, 1.82) is 0 Å². The van der Waals surface area contributed by atoms with E-state index in [1.807, 2.05) is 0 Å². The van der Waals surface area contributed by atoms with E-state index in [0.717, 1.165) is 25.7 Å². The first kappa shape index (κ1) is 29.1. The van der Waals surface area contributed by atoms with Gasteiger partial charge in [-0.25, -0.2) is 0 Å². The smallest absolute Gasteiger partial charge is 0.0131 e. The number of rotatable bonds is 3. The number of benzene rings is 2. The van der Waals surface area contributed by atoms with Crippen LogP contribution in [0.2, 0.25) is 0 Å². The van der Waals surface area contributed by atoms with Crippen LogP contribution in [0.3, 0.4) is 0 Å². The summed E-state index contributed by atoms with van der Waals surface area (Å²) in [6, 6.07) is 15.4. The van der Waals surface area contributed by atoms with Gasteiger partial charge < -0.3 is 0 Å². The van der Waals surface area contributed by atoms with Crippen molar-refractivity contribution in [2.75, 3.05) is 0 Å². The van der Waals surface area contributed by atoms with E-state index in [4.69, 9.17) is 0 Å². The Bertz CT molecular complexity index is 1780. The largest absolute Gasteiger partial charge is 0.0842 e. The third kappa shape index (κ3) is 7.16. The highest BCUT2D eigenvalue weighted by molar-refractivity contribution is 5.95. The van der Waals surface area contributed by atoms with E-state index >= 15 is 0 Å². The van der Waals surface area contributed by atoms with Crippen LogP contribution in [0, 0.1) is 11.8 Å². The molecular weight excluding hydrogens is 528 g/mol. The number of hydrogen-bond donors (Lipinski definition) is 0. The minimum Gasteiger partial charge on any atom is -0.0842 e. The monoisotopic (exact) mass is 568 g/mol. The zero-order chi connectivity index (χ0) is 29.8. The summed E-state index contributed by atoms with van der Waals surface area (Å²) in [4.78, 5) is 0. The second-order valence-electron chi connectivity index (χ2n) is 11.4. The number of fused-ring (bicyclic) bond motifs is 2. The van der Waals surface area contributed by atoms with Crippen LogP contribution in [0.25, 0.3) is 16.3 Å². The molecule has 0 N–H and O–H groups in total. The molecule has 0 saturated heterocycles. The van der Waals surface area contributed by atoms with Crippen molar-refractivity contribution >= 4 is 16.3 Å². The van der Waals surface area contributed by atoms with Crippen LogP contribution in [0.4, 0.5) is 0 Å². The van der Waals surface area contributed by atoms with Gasteiger partial charge in [0.25, 0.3) is 0 Å². The van der Waals surface area contributed by atoms with Gasteiger partial charge in [-0.1, -0.05) is 182 Å². The first-order valence-electron chi connectivity index (χ1n) is 15.9. The fourth-order valence-electron chi connectivity index (χ4n) is 6.48. The molecule has 0 aromatic heterocycles. The van der Waals surface area contributed by atoms with E-state index in [-0.39, 0.29) is 11.8 Å². The van der Waals surface area contributed by atoms with Crippen LogP contribution in [0.1, 0.15) is 31.2 Å². The molecule has 0 amide bonds. The van der Waals surface area contributed by atoms with Crippen LogP contribution >= 0.6 is 0 Å². The second kappa shape index (κ2) is 15.0. The maximum Gasteiger partial charge on any atom is 0.0131 e. The van der Waals surface area contributed by atoms with E-state index < -0.39 is 0 Å². The molecule has 4 aliphatic rings. The summed E-state index contributed by atoms with van der Waals surface area (Å²) in [6.07, 6.45) is 55.3. The van der Waals surface area contributed by atoms with Crippen LogP contribution in [0.15, 0.2) is 205 Å². The third-order valence-corrected chi connectivity index (χ3v) is 8.67. The highest BCUT2D eigenvalue weighted by Crippen LogP contribution is 2.43. The molecule has 0 saturated carbocycles. The molecule has 0 heterocycles. The Kier molecular flexibility index (Phi) is 9.93. The molecule has 2 aromatic carbocycles. The van der Waals surface area contributed by atoms with Crippen LogP contribution < -0.4 is 0 Å². The van der Waals surface area contributed by atoms with Crippen molar-refractivity contribution in [3.05, 3.63) is 210 Å². The Morgan fingerprint density at radius 3 is 1.73 bits per heavy atom. The van der Waals surface area contributed by atoms with E-state index in [1.165, 1.54) is 44.2 Å². The zero-order valence-electron chi connectivity index (χ0n) is 25.3. The Labute approximate surface area is 263 Å². The van der Waals surface area contributed by atoms with Gasteiger partial charge in [-0.15, -0.1) is 0 Å². The minimum atomic E-state index is 0.217. The van der Waals surface area contributed by atoms with Gasteiger partial charge in [0.2, 0.25) is 0 Å². The molecule has 2 aromatic rings. The average molecular weight is 569 g/mol. The molecule has 4 aliphatic carbocycles. The second-order valence-corrected chi connectivity index (χ2v) is 11.4. The standard InChI is InChI=1S/C44H40/c1-2-4-10-21-35(22-11-5-3-1)36-23-12-6-7-13-24-38(34-33-36)40-27-14-8-9-15-29-43(44-31-19-18-30-41(40)44)42-32-20-26-37-25-16-17-28-39(37)42/h1-10,12-21,23-32,41,44H,11,22,33-34H2. The normalized spacial score (nSPS) is 22.0.